The molecule has 2 aromatic carbocycles. The molecule has 19 heavy (non-hydrogen) atoms. The van der Waals surface area contributed by atoms with Crippen LogP contribution in [-0.4, -0.2) is 5.11 Å². The number of hydrogen-bond acceptors (Lipinski definition) is 1. The number of aliphatic hydroxyl groups excluding tert-OH is 1. The normalized spacial score (nSPS) is 12.5. The highest BCUT2D eigenvalue weighted by Crippen LogP contribution is 2.31. The van der Waals surface area contributed by atoms with Crippen molar-refractivity contribution in [3.63, 3.8) is 0 Å². The van der Waals surface area contributed by atoms with Gasteiger partial charge in [-0.3, -0.25) is 0 Å². The molecule has 1 unspecified atom stereocenters. The fraction of sp³-hybridized carbons (Fsp3) is 0.143. The topological polar surface area (TPSA) is 20.2 Å². The maximum Gasteiger partial charge on any atom is 0.137 e. The van der Waals surface area contributed by atoms with Crippen molar-refractivity contribution < 1.29 is 13.9 Å². The van der Waals surface area contributed by atoms with E-state index in [9.17, 15) is 13.9 Å². The zero-order chi connectivity index (χ0) is 14.2. The van der Waals surface area contributed by atoms with Gasteiger partial charge in [-0.25, -0.2) is 8.78 Å². The van der Waals surface area contributed by atoms with Crippen LogP contribution >= 0.6 is 27.5 Å². The van der Waals surface area contributed by atoms with Gasteiger partial charge in [0.25, 0.3) is 0 Å². The Kier molecular flexibility index (Phi) is 4.23. The molecule has 5 heteroatoms. The molecule has 0 aromatic heterocycles. The molecule has 0 radical (unpaired) electrons. The molecule has 1 N–H and O–H groups in total. The van der Waals surface area contributed by atoms with Gasteiger partial charge in [0.05, 0.1) is 4.47 Å². The zero-order valence-electron chi connectivity index (χ0n) is 9.92. The van der Waals surface area contributed by atoms with E-state index in [4.69, 9.17) is 11.6 Å². The van der Waals surface area contributed by atoms with Gasteiger partial charge >= 0.3 is 0 Å². The molecule has 100 valence electrons. The van der Waals surface area contributed by atoms with Gasteiger partial charge in [0.2, 0.25) is 0 Å². The van der Waals surface area contributed by atoms with E-state index in [1.165, 1.54) is 0 Å². The highest BCUT2D eigenvalue weighted by Gasteiger charge is 2.19. The predicted octanol–water partition coefficient (Wildman–Crippen LogP) is 4.77. The maximum atomic E-state index is 13.8. The lowest BCUT2D eigenvalue weighted by molar-refractivity contribution is 0.213. The quantitative estimate of drug-likeness (QED) is 0.776. The summed E-state index contributed by atoms with van der Waals surface area (Å²) in [5.74, 6) is -1.31. The molecule has 0 aliphatic rings. The Morgan fingerprint density at radius 1 is 1.11 bits per heavy atom. The van der Waals surface area contributed by atoms with Gasteiger partial charge in [0, 0.05) is 10.6 Å². The second-order valence-corrected chi connectivity index (χ2v) is 5.48. The summed E-state index contributed by atoms with van der Waals surface area (Å²) in [6, 6.07) is 6.90. The molecule has 0 spiro atoms. The zero-order valence-corrected chi connectivity index (χ0v) is 12.3. The van der Waals surface area contributed by atoms with Crippen LogP contribution in [0.4, 0.5) is 8.78 Å². The van der Waals surface area contributed by atoms with Gasteiger partial charge in [0.1, 0.15) is 17.7 Å². The average Bonchev–Trinajstić information content (AvgIpc) is 2.36. The second-order valence-electron chi connectivity index (χ2n) is 4.19. The van der Waals surface area contributed by atoms with Crippen molar-refractivity contribution in [1.82, 2.24) is 0 Å². The lowest BCUT2D eigenvalue weighted by atomic mass is 9.97. The summed E-state index contributed by atoms with van der Waals surface area (Å²) in [6.07, 6.45) is -1.26. The van der Waals surface area contributed by atoms with Crippen LogP contribution in [0.3, 0.4) is 0 Å². The first kappa shape index (κ1) is 14.4. The monoisotopic (exact) mass is 346 g/mol. The molecule has 2 aromatic rings. The largest absolute Gasteiger partial charge is 0.384 e. The standard InChI is InChI=1S/C14H10BrClF2O/c1-7-2-3-8(16)4-9(7)14(19)10-5-13(18)11(15)6-12(10)17/h2-6,14,19H,1H3. The van der Waals surface area contributed by atoms with E-state index >= 15 is 0 Å². The summed E-state index contributed by atoms with van der Waals surface area (Å²) in [7, 11) is 0. The van der Waals surface area contributed by atoms with Crippen LogP contribution in [0, 0.1) is 18.6 Å². The number of hydrogen-bond donors (Lipinski definition) is 1. The van der Waals surface area contributed by atoms with Gasteiger partial charge in [0.15, 0.2) is 0 Å². The predicted molar refractivity (Wildman–Crippen MR) is 74.3 cm³/mol. The molecule has 0 fully saturated rings. The van der Waals surface area contributed by atoms with Crippen LogP contribution in [-0.2, 0) is 0 Å². The van der Waals surface area contributed by atoms with Gasteiger partial charge in [-0.15, -0.1) is 0 Å². The molecule has 0 saturated heterocycles. The average molecular weight is 348 g/mol. The van der Waals surface area contributed by atoms with E-state index in [-0.39, 0.29) is 10.0 Å². The van der Waals surface area contributed by atoms with Gasteiger partial charge in [-0.1, -0.05) is 17.7 Å². The second kappa shape index (κ2) is 5.57. The number of benzene rings is 2. The molecule has 0 saturated carbocycles. The molecule has 0 heterocycles. The Balaban J connectivity index is 2.52. The first-order valence-electron chi connectivity index (χ1n) is 5.48. The van der Waals surface area contributed by atoms with Crippen molar-refractivity contribution in [2.75, 3.05) is 0 Å². The Morgan fingerprint density at radius 2 is 1.79 bits per heavy atom. The number of aliphatic hydroxyl groups is 1. The Hall–Kier alpha value is -0.970. The lowest BCUT2D eigenvalue weighted by Gasteiger charge is -2.16. The minimum atomic E-state index is -1.26. The van der Waals surface area contributed by atoms with Crippen molar-refractivity contribution in [3.8, 4) is 0 Å². The minimum Gasteiger partial charge on any atom is -0.384 e. The molecule has 1 atom stereocenters. The molecule has 0 aliphatic heterocycles. The minimum absolute atomic E-state index is 0.0174. The smallest absolute Gasteiger partial charge is 0.137 e. The third-order valence-electron chi connectivity index (χ3n) is 2.87. The number of halogens is 4. The van der Waals surface area contributed by atoms with Crippen LogP contribution in [0.2, 0.25) is 5.02 Å². The van der Waals surface area contributed by atoms with Crippen LogP contribution < -0.4 is 0 Å². The van der Waals surface area contributed by atoms with Crippen LogP contribution in [0.15, 0.2) is 34.8 Å². The maximum absolute atomic E-state index is 13.8. The van der Waals surface area contributed by atoms with Gasteiger partial charge < -0.3 is 5.11 Å². The summed E-state index contributed by atoms with van der Waals surface area (Å²) >= 11 is 8.75. The van der Waals surface area contributed by atoms with Gasteiger partial charge in [-0.2, -0.15) is 0 Å². The Morgan fingerprint density at radius 3 is 2.47 bits per heavy atom. The van der Waals surface area contributed by atoms with Crippen molar-refractivity contribution in [2.24, 2.45) is 0 Å². The van der Waals surface area contributed by atoms with Crippen LogP contribution in [0.25, 0.3) is 0 Å². The van der Waals surface area contributed by atoms with E-state index in [0.717, 1.165) is 17.7 Å². The number of aryl methyl sites for hydroxylation is 1. The number of rotatable bonds is 2. The van der Waals surface area contributed by atoms with Crippen molar-refractivity contribution in [1.29, 1.82) is 0 Å². The van der Waals surface area contributed by atoms with E-state index < -0.39 is 17.7 Å². The third kappa shape index (κ3) is 2.96. The van der Waals surface area contributed by atoms with E-state index in [0.29, 0.717) is 10.6 Å². The molecule has 2 rings (SSSR count). The summed E-state index contributed by atoms with van der Waals surface area (Å²) in [5, 5.41) is 10.6. The van der Waals surface area contributed by atoms with E-state index in [1.54, 1.807) is 25.1 Å². The lowest BCUT2D eigenvalue weighted by Crippen LogP contribution is -2.05. The summed E-state index contributed by atoms with van der Waals surface area (Å²) in [6.45, 7) is 1.77. The van der Waals surface area contributed by atoms with Gasteiger partial charge in [-0.05, 0) is 58.2 Å². The fourth-order valence-corrected chi connectivity index (χ4v) is 2.32. The Bertz CT molecular complexity index is 631. The van der Waals surface area contributed by atoms with Crippen molar-refractivity contribution >= 4 is 27.5 Å². The third-order valence-corrected chi connectivity index (χ3v) is 3.71. The Labute approximate surface area is 123 Å². The van der Waals surface area contributed by atoms with E-state index in [2.05, 4.69) is 15.9 Å². The SMILES string of the molecule is Cc1ccc(Cl)cc1C(O)c1cc(F)c(Br)cc1F. The molecular formula is C14H10BrClF2O. The van der Waals surface area contributed by atoms with Crippen LogP contribution in [0.5, 0.6) is 0 Å². The molecule has 0 amide bonds. The molecular weight excluding hydrogens is 338 g/mol. The first-order chi connectivity index (χ1) is 8.90. The highest BCUT2D eigenvalue weighted by molar-refractivity contribution is 9.10. The summed E-state index contributed by atoms with van der Waals surface area (Å²) in [4.78, 5) is 0. The molecule has 1 nitrogen and oxygen atoms in total. The van der Waals surface area contributed by atoms with Crippen molar-refractivity contribution in [3.05, 3.63) is 68.2 Å². The highest BCUT2D eigenvalue weighted by atomic mass is 79.9. The molecule has 0 aliphatic carbocycles. The summed E-state index contributed by atoms with van der Waals surface area (Å²) < 4.78 is 27.3. The summed E-state index contributed by atoms with van der Waals surface area (Å²) in [5.41, 5.74) is 1.08. The van der Waals surface area contributed by atoms with E-state index in [1.807, 2.05) is 0 Å². The fourth-order valence-electron chi connectivity index (χ4n) is 1.82. The first-order valence-corrected chi connectivity index (χ1v) is 6.66. The van der Waals surface area contributed by atoms with Crippen molar-refractivity contribution in [2.45, 2.75) is 13.0 Å². The van der Waals surface area contributed by atoms with Crippen LogP contribution in [0.1, 0.15) is 22.8 Å². The molecule has 0 bridgehead atoms.